The molecule has 0 saturated carbocycles. The molecule has 5 aromatic rings. The van der Waals surface area contributed by atoms with Crippen molar-refractivity contribution in [3.63, 3.8) is 0 Å². The molecule has 45 heavy (non-hydrogen) atoms. The molecule has 2 bridgehead atoms. The maximum Gasteiger partial charge on any atom is 0.254 e. The van der Waals surface area contributed by atoms with E-state index in [2.05, 4.69) is 20.4 Å². The molecule has 1 aliphatic heterocycles. The van der Waals surface area contributed by atoms with Gasteiger partial charge in [-0.15, -0.1) is 0 Å². The average molecular weight is 642 g/mol. The first-order valence-electron chi connectivity index (χ1n) is 14.0. The van der Waals surface area contributed by atoms with Gasteiger partial charge in [-0.05, 0) is 53.9 Å². The van der Waals surface area contributed by atoms with Crippen molar-refractivity contribution < 1.29 is 13.2 Å². The second kappa shape index (κ2) is 11.9. The van der Waals surface area contributed by atoms with Crippen LogP contribution in [-0.2, 0) is 21.9 Å². The second-order valence-corrected chi connectivity index (χ2v) is 12.8. The molecule has 0 saturated heterocycles. The number of hydrogen-bond acceptors (Lipinski definition) is 7. The fourth-order valence-electron chi connectivity index (χ4n) is 5.31. The summed E-state index contributed by atoms with van der Waals surface area (Å²) in [6, 6.07) is 15.8. The summed E-state index contributed by atoms with van der Waals surface area (Å²) in [7, 11) is -2.06. The van der Waals surface area contributed by atoms with Crippen LogP contribution in [0.1, 0.15) is 25.1 Å². The normalized spacial score (nSPS) is 17.5. The van der Waals surface area contributed by atoms with Crippen LogP contribution in [-0.4, -0.2) is 38.6 Å². The lowest BCUT2D eigenvalue weighted by Crippen LogP contribution is -2.25. The molecular weight excluding hydrogens is 614 g/mol. The first-order chi connectivity index (χ1) is 21.5. The van der Waals surface area contributed by atoms with E-state index in [1.54, 1.807) is 54.5 Å². The van der Waals surface area contributed by atoms with E-state index in [1.165, 1.54) is 29.1 Å². The van der Waals surface area contributed by atoms with Gasteiger partial charge in [0.15, 0.2) is 0 Å². The van der Waals surface area contributed by atoms with Crippen LogP contribution in [0, 0.1) is 5.92 Å². The predicted octanol–water partition coefficient (Wildman–Crippen LogP) is 4.80. The Hall–Kier alpha value is -4.91. The average Bonchev–Trinajstić information content (AvgIpc) is 3.38. The molecule has 228 valence electrons. The fraction of sp³-hybridized carbons (Fsp3) is 0.156. The van der Waals surface area contributed by atoms with Crippen molar-refractivity contribution in [2.75, 3.05) is 5.32 Å². The van der Waals surface area contributed by atoms with Gasteiger partial charge in [-0.2, -0.15) is 5.10 Å². The van der Waals surface area contributed by atoms with Crippen LogP contribution in [0.3, 0.4) is 0 Å². The molecular formula is C32H28ClN7O4S. The first-order valence-corrected chi connectivity index (χ1v) is 15.9. The number of rotatable bonds is 4. The number of allylic oxidation sites excluding steroid dienone is 2. The van der Waals surface area contributed by atoms with Crippen LogP contribution in [0.5, 0.6) is 0 Å². The number of aryl methyl sites for hydroxylation is 1. The van der Waals surface area contributed by atoms with Crippen molar-refractivity contribution in [3.05, 3.63) is 113 Å². The van der Waals surface area contributed by atoms with Gasteiger partial charge in [0.2, 0.25) is 15.9 Å². The number of aromatic nitrogens is 5. The van der Waals surface area contributed by atoms with E-state index in [4.69, 9.17) is 16.7 Å². The zero-order valence-electron chi connectivity index (χ0n) is 24.3. The summed E-state index contributed by atoms with van der Waals surface area (Å²) < 4.78 is 26.7. The van der Waals surface area contributed by atoms with Crippen molar-refractivity contribution in [1.29, 1.82) is 0 Å². The van der Waals surface area contributed by atoms with E-state index in [0.29, 0.717) is 50.9 Å². The number of primary sulfonamides is 1. The molecule has 2 atom stereocenters. The van der Waals surface area contributed by atoms with Crippen LogP contribution >= 0.6 is 11.6 Å². The number of nitrogens with two attached hydrogens (primary N) is 1. The largest absolute Gasteiger partial charge is 0.323 e. The van der Waals surface area contributed by atoms with Crippen molar-refractivity contribution >= 4 is 33.2 Å². The molecule has 11 nitrogen and oxygen atoms in total. The Bertz CT molecular complexity index is 2140. The topological polar surface area (TPSA) is 155 Å². The van der Waals surface area contributed by atoms with Crippen molar-refractivity contribution in [2.24, 2.45) is 18.1 Å². The van der Waals surface area contributed by atoms with Crippen molar-refractivity contribution in [1.82, 2.24) is 24.3 Å². The Kier molecular flexibility index (Phi) is 7.96. The third-order valence-corrected chi connectivity index (χ3v) is 8.86. The Labute approximate surface area is 264 Å². The number of carbonyl (C=O) groups excluding carboxylic acids is 1. The van der Waals surface area contributed by atoms with Gasteiger partial charge >= 0.3 is 0 Å². The van der Waals surface area contributed by atoms with Gasteiger partial charge in [-0.3, -0.25) is 23.8 Å². The van der Waals surface area contributed by atoms with Crippen LogP contribution < -0.4 is 16.0 Å². The van der Waals surface area contributed by atoms with E-state index in [1.807, 2.05) is 31.2 Å². The van der Waals surface area contributed by atoms with Crippen molar-refractivity contribution in [2.45, 2.75) is 24.3 Å². The maximum absolute atomic E-state index is 13.8. The molecule has 2 aromatic carbocycles. The fourth-order valence-corrected chi connectivity index (χ4v) is 6.00. The minimum Gasteiger partial charge on any atom is -0.323 e. The Morgan fingerprint density at radius 1 is 0.978 bits per heavy atom. The number of fused-ring (bicyclic) bond motifs is 4. The number of pyridine rings is 1. The standard InChI is InChI=1S/C32H28ClN7O4S/c1-19-4-3-5-29(27-14-21(12-13-35-27)31-28(38-32(19)42)17-37-39(31)2)40-18-36-26(16-30(40)41)25-15-22(33)8-11-24(25)20-6-9-23(10-7-20)45(34,43)44/h3,5-19,29H,4H2,1-2H3,(H,38,42)(H2,34,43,44)/b5-3+/t19-,29+/m1/s1. The number of sulfonamides is 1. The molecule has 0 aliphatic carbocycles. The number of amides is 1. The molecule has 4 heterocycles. The molecule has 1 aliphatic rings. The predicted molar refractivity (Wildman–Crippen MR) is 172 cm³/mol. The zero-order valence-corrected chi connectivity index (χ0v) is 25.8. The van der Waals surface area contributed by atoms with E-state index in [0.717, 1.165) is 5.56 Å². The first kappa shape index (κ1) is 30.1. The van der Waals surface area contributed by atoms with E-state index >= 15 is 0 Å². The van der Waals surface area contributed by atoms with E-state index < -0.39 is 16.1 Å². The Morgan fingerprint density at radius 2 is 1.76 bits per heavy atom. The third kappa shape index (κ3) is 6.07. The summed E-state index contributed by atoms with van der Waals surface area (Å²) >= 11 is 6.36. The highest BCUT2D eigenvalue weighted by Crippen LogP contribution is 2.34. The van der Waals surface area contributed by atoms with Crippen LogP contribution in [0.15, 0.2) is 101 Å². The molecule has 1 amide bonds. The number of anilines is 1. The molecule has 0 spiro atoms. The molecule has 0 unspecified atom stereocenters. The summed E-state index contributed by atoms with van der Waals surface area (Å²) in [5.74, 6) is -0.474. The molecule has 3 N–H and O–H groups in total. The second-order valence-electron chi connectivity index (χ2n) is 10.8. The Balaban J connectivity index is 1.44. The quantitative estimate of drug-likeness (QED) is 0.267. The monoisotopic (exact) mass is 641 g/mol. The third-order valence-electron chi connectivity index (χ3n) is 7.70. The number of halogens is 1. The maximum atomic E-state index is 13.8. The summed E-state index contributed by atoms with van der Waals surface area (Å²) in [4.78, 5) is 35.9. The highest BCUT2D eigenvalue weighted by atomic mass is 35.5. The molecule has 6 rings (SSSR count). The molecule has 13 heteroatoms. The summed E-state index contributed by atoms with van der Waals surface area (Å²) in [5, 5.41) is 13.0. The van der Waals surface area contributed by atoms with Gasteiger partial charge < -0.3 is 5.32 Å². The molecule has 3 aromatic heterocycles. The lowest BCUT2D eigenvalue weighted by Gasteiger charge is -2.19. The zero-order chi connectivity index (χ0) is 31.9. The SMILES string of the molecule is C[C@@H]1C/C=C/[C@H](n2cnc(-c3cc(Cl)ccc3-c3ccc(S(N)(=O)=O)cc3)cc2=O)c2cc(ccn2)-c2c(cnn2C)NC1=O. The Morgan fingerprint density at radius 3 is 2.49 bits per heavy atom. The highest BCUT2D eigenvalue weighted by molar-refractivity contribution is 7.89. The van der Waals surface area contributed by atoms with Gasteiger partial charge in [0.1, 0.15) is 0 Å². The van der Waals surface area contributed by atoms with Gasteiger partial charge in [0, 0.05) is 41.4 Å². The van der Waals surface area contributed by atoms with Gasteiger partial charge in [-0.1, -0.05) is 48.9 Å². The van der Waals surface area contributed by atoms with Crippen LogP contribution in [0.25, 0.3) is 33.6 Å². The number of nitrogens with zero attached hydrogens (tertiary/aromatic N) is 5. The lowest BCUT2D eigenvalue weighted by molar-refractivity contribution is -0.119. The summed E-state index contributed by atoms with van der Waals surface area (Å²) in [5.41, 5.74) is 4.71. The minimum absolute atomic E-state index is 0.0140. The smallest absolute Gasteiger partial charge is 0.254 e. The van der Waals surface area contributed by atoms with Gasteiger partial charge in [0.25, 0.3) is 5.56 Å². The van der Waals surface area contributed by atoms with E-state index in [9.17, 15) is 18.0 Å². The minimum atomic E-state index is -3.86. The van der Waals surface area contributed by atoms with Gasteiger partial charge in [-0.25, -0.2) is 18.5 Å². The number of hydrogen-bond donors (Lipinski definition) is 2. The van der Waals surface area contributed by atoms with Crippen LogP contribution in [0.4, 0.5) is 5.69 Å². The van der Waals surface area contributed by atoms with Crippen molar-refractivity contribution in [3.8, 4) is 33.6 Å². The van der Waals surface area contributed by atoms with Gasteiger partial charge in [0.05, 0.1) is 46.2 Å². The van der Waals surface area contributed by atoms with Crippen LogP contribution in [0.2, 0.25) is 5.02 Å². The number of carbonyl (C=O) groups is 1. The number of benzene rings is 2. The van der Waals surface area contributed by atoms with E-state index in [-0.39, 0.29) is 22.3 Å². The lowest BCUT2D eigenvalue weighted by atomic mass is 9.97. The number of nitrogens with one attached hydrogen (secondary N) is 1. The summed E-state index contributed by atoms with van der Waals surface area (Å²) in [6.07, 6.45) is 8.90. The molecule has 0 fully saturated rings. The summed E-state index contributed by atoms with van der Waals surface area (Å²) in [6.45, 7) is 1.83. The molecule has 0 radical (unpaired) electrons. The highest BCUT2D eigenvalue weighted by Gasteiger charge is 2.22.